The van der Waals surface area contributed by atoms with Crippen LogP contribution in [0.25, 0.3) is 0 Å². The summed E-state index contributed by atoms with van der Waals surface area (Å²) in [6, 6.07) is 7.66. The van der Waals surface area contributed by atoms with Crippen molar-refractivity contribution < 1.29 is 9.53 Å². The first kappa shape index (κ1) is 18.0. The summed E-state index contributed by atoms with van der Waals surface area (Å²) in [6.45, 7) is 9.71. The van der Waals surface area contributed by atoms with Gasteiger partial charge >= 0.3 is 0 Å². The van der Waals surface area contributed by atoms with Gasteiger partial charge in [-0.1, -0.05) is 39.0 Å². The second-order valence-electron chi connectivity index (χ2n) is 6.29. The first-order chi connectivity index (χ1) is 9.39. The van der Waals surface area contributed by atoms with Crippen LogP contribution in [0.2, 0.25) is 0 Å². The SMILES string of the molecule is C[C@H]1OCCN[C@@H]1C(=O)Nc1ccccc1C(C)(C)C.Cl. The highest BCUT2D eigenvalue weighted by atomic mass is 35.5. The van der Waals surface area contributed by atoms with Gasteiger partial charge in [-0.3, -0.25) is 4.79 Å². The van der Waals surface area contributed by atoms with Gasteiger partial charge in [-0.05, 0) is 24.0 Å². The van der Waals surface area contributed by atoms with Gasteiger partial charge in [0.1, 0.15) is 6.04 Å². The number of rotatable bonds is 2. The van der Waals surface area contributed by atoms with Gasteiger partial charge in [0.2, 0.25) is 5.91 Å². The number of carbonyl (C=O) groups excluding carboxylic acids is 1. The Morgan fingerprint density at radius 1 is 1.33 bits per heavy atom. The number of para-hydroxylation sites is 1. The maximum atomic E-state index is 12.4. The highest BCUT2D eigenvalue weighted by molar-refractivity contribution is 5.96. The van der Waals surface area contributed by atoms with Crippen LogP contribution >= 0.6 is 12.4 Å². The molecule has 0 saturated carbocycles. The van der Waals surface area contributed by atoms with E-state index in [1.54, 1.807) is 0 Å². The van der Waals surface area contributed by atoms with Crippen molar-refractivity contribution in [2.45, 2.75) is 45.3 Å². The highest BCUT2D eigenvalue weighted by Crippen LogP contribution is 2.29. The number of amides is 1. The lowest BCUT2D eigenvalue weighted by atomic mass is 9.85. The van der Waals surface area contributed by atoms with E-state index in [1.165, 1.54) is 0 Å². The number of halogens is 1. The third-order valence-corrected chi connectivity index (χ3v) is 3.59. The van der Waals surface area contributed by atoms with Crippen LogP contribution in [0.15, 0.2) is 24.3 Å². The fourth-order valence-electron chi connectivity index (χ4n) is 2.48. The van der Waals surface area contributed by atoms with Crippen LogP contribution in [0.1, 0.15) is 33.3 Å². The predicted octanol–water partition coefficient (Wildman–Crippen LogP) is 2.72. The van der Waals surface area contributed by atoms with E-state index in [9.17, 15) is 4.79 Å². The van der Waals surface area contributed by atoms with Crippen LogP contribution < -0.4 is 10.6 Å². The molecule has 0 radical (unpaired) electrons. The molecular formula is C16H25ClN2O2. The number of anilines is 1. The van der Waals surface area contributed by atoms with Crippen molar-refractivity contribution in [1.82, 2.24) is 5.32 Å². The second kappa shape index (κ2) is 7.25. The lowest BCUT2D eigenvalue weighted by Crippen LogP contribution is -2.53. The van der Waals surface area contributed by atoms with Crippen molar-refractivity contribution in [2.24, 2.45) is 0 Å². The molecule has 0 bridgehead atoms. The molecule has 4 nitrogen and oxygen atoms in total. The van der Waals surface area contributed by atoms with E-state index in [1.807, 2.05) is 25.1 Å². The molecule has 1 aliphatic heterocycles. The molecule has 0 unspecified atom stereocenters. The number of nitrogens with one attached hydrogen (secondary N) is 2. The lowest BCUT2D eigenvalue weighted by molar-refractivity contribution is -0.123. The van der Waals surface area contributed by atoms with Gasteiger partial charge in [-0.2, -0.15) is 0 Å². The van der Waals surface area contributed by atoms with Crippen LogP contribution in [0, 0.1) is 0 Å². The second-order valence-corrected chi connectivity index (χ2v) is 6.29. The number of hydrogen-bond donors (Lipinski definition) is 2. The van der Waals surface area contributed by atoms with E-state index in [4.69, 9.17) is 4.74 Å². The van der Waals surface area contributed by atoms with Gasteiger partial charge in [0.05, 0.1) is 12.7 Å². The molecule has 2 atom stereocenters. The maximum Gasteiger partial charge on any atom is 0.244 e. The lowest BCUT2D eigenvalue weighted by Gasteiger charge is -2.30. The molecule has 1 amide bonds. The molecular weight excluding hydrogens is 288 g/mol. The van der Waals surface area contributed by atoms with Gasteiger partial charge in [0.25, 0.3) is 0 Å². The molecule has 2 N–H and O–H groups in total. The van der Waals surface area contributed by atoms with Crippen LogP contribution in [-0.2, 0) is 14.9 Å². The first-order valence-electron chi connectivity index (χ1n) is 7.15. The summed E-state index contributed by atoms with van der Waals surface area (Å²) in [4.78, 5) is 12.4. The molecule has 1 saturated heterocycles. The first-order valence-corrected chi connectivity index (χ1v) is 7.15. The summed E-state index contributed by atoms with van der Waals surface area (Å²) >= 11 is 0. The monoisotopic (exact) mass is 312 g/mol. The number of benzene rings is 1. The molecule has 1 aromatic carbocycles. The smallest absolute Gasteiger partial charge is 0.244 e. The normalized spacial score (nSPS) is 22.3. The van der Waals surface area contributed by atoms with Gasteiger partial charge in [0, 0.05) is 12.2 Å². The molecule has 1 aromatic rings. The molecule has 0 aromatic heterocycles. The Morgan fingerprint density at radius 2 is 2.00 bits per heavy atom. The summed E-state index contributed by atoms with van der Waals surface area (Å²) in [5.74, 6) is -0.0334. The van der Waals surface area contributed by atoms with E-state index in [0.29, 0.717) is 13.2 Å². The molecule has 0 aliphatic carbocycles. The molecule has 0 spiro atoms. The number of carbonyl (C=O) groups is 1. The maximum absolute atomic E-state index is 12.4. The molecule has 21 heavy (non-hydrogen) atoms. The highest BCUT2D eigenvalue weighted by Gasteiger charge is 2.29. The third kappa shape index (κ3) is 4.43. The standard InChI is InChI=1S/C16H24N2O2.ClH/c1-11-14(17-9-10-20-11)15(19)18-13-8-6-5-7-12(13)16(2,3)4;/h5-8,11,14,17H,9-10H2,1-4H3,(H,18,19);1H/t11-,14+;/m1./s1. The van der Waals surface area contributed by atoms with Crippen LogP contribution in [0.5, 0.6) is 0 Å². The zero-order valence-corrected chi connectivity index (χ0v) is 13.9. The van der Waals surface area contributed by atoms with Crippen LogP contribution in [0.4, 0.5) is 5.69 Å². The Kier molecular flexibility index (Phi) is 6.20. The minimum absolute atomic E-state index is 0. The summed E-state index contributed by atoms with van der Waals surface area (Å²) < 4.78 is 5.52. The molecule has 1 heterocycles. The van der Waals surface area contributed by atoms with Gasteiger partial charge in [-0.15, -0.1) is 12.4 Å². The number of ether oxygens (including phenoxy) is 1. The summed E-state index contributed by atoms with van der Waals surface area (Å²) in [7, 11) is 0. The average molecular weight is 313 g/mol. The minimum atomic E-state index is -0.295. The van der Waals surface area contributed by atoms with Gasteiger partial charge < -0.3 is 15.4 Å². The van der Waals surface area contributed by atoms with Gasteiger partial charge in [0.15, 0.2) is 0 Å². The summed E-state index contributed by atoms with van der Waals surface area (Å²) in [6.07, 6.45) is -0.106. The zero-order chi connectivity index (χ0) is 14.8. The third-order valence-electron chi connectivity index (χ3n) is 3.59. The molecule has 2 rings (SSSR count). The molecule has 1 fully saturated rings. The largest absolute Gasteiger partial charge is 0.375 e. The van der Waals surface area contributed by atoms with Crippen molar-refractivity contribution in [3.05, 3.63) is 29.8 Å². The van der Waals surface area contributed by atoms with E-state index in [0.717, 1.165) is 11.3 Å². The topological polar surface area (TPSA) is 50.4 Å². The van der Waals surface area contributed by atoms with E-state index >= 15 is 0 Å². The fraction of sp³-hybridized carbons (Fsp3) is 0.562. The van der Waals surface area contributed by atoms with E-state index in [-0.39, 0.29) is 35.9 Å². The van der Waals surface area contributed by atoms with Crippen molar-refractivity contribution in [2.75, 3.05) is 18.5 Å². The van der Waals surface area contributed by atoms with Crippen LogP contribution in [0.3, 0.4) is 0 Å². The van der Waals surface area contributed by atoms with E-state index in [2.05, 4.69) is 37.5 Å². The Bertz CT molecular complexity index is 485. The number of hydrogen-bond acceptors (Lipinski definition) is 3. The zero-order valence-electron chi connectivity index (χ0n) is 13.1. The Balaban J connectivity index is 0.00000220. The van der Waals surface area contributed by atoms with Crippen molar-refractivity contribution in [1.29, 1.82) is 0 Å². The van der Waals surface area contributed by atoms with Crippen LogP contribution in [-0.4, -0.2) is 31.2 Å². The predicted molar refractivity (Wildman–Crippen MR) is 88.2 cm³/mol. The quantitative estimate of drug-likeness (QED) is 0.883. The van der Waals surface area contributed by atoms with Crippen molar-refractivity contribution in [3.8, 4) is 0 Å². The van der Waals surface area contributed by atoms with Crippen molar-refractivity contribution >= 4 is 24.0 Å². The Labute approximate surface area is 133 Å². The van der Waals surface area contributed by atoms with Gasteiger partial charge in [-0.25, -0.2) is 0 Å². The number of morpholine rings is 1. The Morgan fingerprint density at radius 3 is 2.62 bits per heavy atom. The summed E-state index contributed by atoms with van der Waals surface area (Å²) in [5.41, 5.74) is 2.01. The average Bonchev–Trinajstić information content (AvgIpc) is 2.38. The fourth-order valence-corrected chi connectivity index (χ4v) is 2.48. The molecule has 5 heteroatoms. The summed E-state index contributed by atoms with van der Waals surface area (Å²) in [5, 5.41) is 6.25. The van der Waals surface area contributed by atoms with E-state index < -0.39 is 0 Å². The molecule has 118 valence electrons. The Hall–Kier alpha value is -1.10. The minimum Gasteiger partial charge on any atom is -0.375 e. The molecule has 1 aliphatic rings. The van der Waals surface area contributed by atoms with Crippen molar-refractivity contribution in [3.63, 3.8) is 0 Å².